The van der Waals surface area contributed by atoms with Gasteiger partial charge in [0.25, 0.3) is 0 Å². The molecule has 3 heteroatoms. The van der Waals surface area contributed by atoms with Crippen LogP contribution < -0.4 is 5.32 Å². The minimum absolute atomic E-state index is 0.217. The molecule has 0 amide bonds. The Hall–Kier alpha value is -0.980. The summed E-state index contributed by atoms with van der Waals surface area (Å²) in [4.78, 5) is 1.28. The van der Waals surface area contributed by atoms with Crippen LogP contribution in [0.1, 0.15) is 52.1 Å². The van der Waals surface area contributed by atoms with Crippen molar-refractivity contribution in [2.45, 2.75) is 51.5 Å². The van der Waals surface area contributed by atoms with E-state index in [1.807, 2.05) is 25.6 Å². The van der Waals surface area contributed by atoms with Crippen LogP contribution in [0.25, 0.3) is 0 Å². The Morgan fingerprint density at radius 3 is 2.50 bits per heavy atom. The molecule has 0 aliphatic heterocycles. The fourth-order valence-corrected chi connectivity index (χ4v) is 2.99. The molecule has 1 aromatic carbocycles. The Morgan fingerprint density at radius 2 is 1.95 bits per heavy atom. The van der Waals surface area contributed by atoms with Crippen LogP contribution in [0.2, 0.25) is 0 Å². The highest BCUT2D eigenvalue weighted by atomic mass is 32.2. The Kier molecular flexibility index (Phi) is 7.12. The summed E-state index contributed by atoms with van der Waals surface area (Å²) in [5.41, 5.74) is 1.12. The fraction of sp³-hybridized carbons (Fsp3) is 0.588. The molecule has 20 heavy (non-hydrogen) atoms. The number of hydrogen-bond acceptors (Lipinski definition) is 3. The number of rotatable bonds is 8. The highest BCUT2D eigenvalue weighted by Crippen LogP contribution is 2.26. The average molecular weight is 290 g/mol. The molecule has 0 saturated heterocycles. The average Bonchev–Trinajstić information content (AvgIpc) is 2.45. The molecule has 0 aliphatic rings. The van der Waals surface area contributed by atoms with Crippen LogP contribution in [-0.2, 0) is 0 Å². The molecule has 1 unspecified atom stereocenters. The third kappa shape index (κ3) is 5.98. The van der Waals surface area contributed by atoms with Gasteiger partial charge in [-0.25, -0.2) is 0 Å². The summed E-state index contributed by atoms with van der Waals surface area (Å²) in [7, 11) is 0. The zero-order chi connectivity index (χ0) is 15.0. The lowest BCUT2D eigenvalue weighted by atomic mass is 9.93. The highest BCUT2D eigenvalue weighted by molar-refractivity contribution is 7.99. The second-order valence-electron chi connectivity index (χ2n) is 5.84. The van der Waals surface area contributed by atoms with Crippen LogP contribution in [0.4, 0.5) is 0 Å². The van der Waals surface area contributed by atoms with Crippen molar-refractivity contribution in [3.63, 3.8) is 0 Å². The van der Waals surface area contributed by atoms with Gasteiger partial charge >= 0.3 is 0 Å². The van der Waals surface area contributed by atoms with Crippen LogP contribution >= 0.6 is 11.8 Å². The monoisotopic (exact) mass is 290 g/mol. The van der Waals surface area contributed by atoms with Crippen LogP contribution in [0.15, 0.2) is 29.2 Å². The van der Waals surface area contributed by atoms with Gasteiger partial charge in [-0.3, -0.25) is 0 Å². The molecule has 1 N–H and O–H groups in total. The number of benzene rings is 1. The first-order valence-corrected chi connectivity index (χ1v) is 8.34. The van der Waals surface area contributed by atoms with Gasteiger partial charge in [-0.05, 0) is 63.6 Å². The van der Waals surface area contributed by atoms with Crippen molar-refractivity contribution in [2.24, 2.45) is 5.41 Å². The van der Waals surface area contributed by atoms with E-state index >= 15 is 0 Å². The summed E-state index contributed by atoms with van der Waals surface area (Å²) in [6, 6.07) is 11.5. The molecule has 0 radical (unpaired) electrons. The predicted octanol–water partition coefficient (Wildman–Crippen LogP) is 4.78. The SMILES string of the molecule is CCCNC(C)c1ccc(SCCC(C)(C)C#N)cc1. The Bertz CT molecular complexity index is 431. The molecule has 0 spiro atoms. The molecule has 0 heterocycles. The van der Waals surface area contributed by atoms with E-state index in [1.165, 1.54) is 10.5 Å². The van der Waals surface area contributed by atoms with Gasteiger partial charge < -0.3 is 5.32 Å². The number of nitrogens with zero attached hydrogens (tertiary/aromatic N) is 1. The summed E-state index contributed by atoms with van der Waals surface area (Å²) in [5.74, 6) is 0.990. The van der Waals surface area contributed by atoms with Crippen molar-refractivity contribution in [3.05, 3.63) is 29.8 Å². The summed E-state index contributed by atoms with van der Waals surface area (Å²) in [6.45, 7) is 9.44. The van der Waals surface area contributed by atoms with Crippen molar-refractivity contribution in [1.29, 1.82) is 5.26 Å². The molecule has 110 valence electrons. The summed E-state index contributed by atoms with van der Waals surface area (Å²) >= 11 is 1.83. The first-order valence-electron chi connectivity index (χ1n) is 7.36. The molecule has 1 atom stereocenters. The maximum Gasteiger partial charge on any atom is 0.0684 e. The second kappa shape index (κ2) is 8.34. The first kappa shape index (κ1) is 17.1. The molecule has 1 rings (SSSR count). The van der Waals surface area contributed by atoms with E-state index in [0.717, 1.165) is 25.1 Å². The number of nitrogens with one attached hydrogen (secondary N) is 1. The van der Waals surface area contributed by atoms with Gasteiger partial charge in [0.1, 0.15) is 0 Å². The fourth-order valence-electron chi connectivity index (χ4n) is 1.81. The largest absolute Gasteiger partial charge is 0.310 e. The minimum atomic E-state index is -0.217. The van der Waals surface area contributed by atoms with Crippen LogP contribution in [-0.4, -0.2) is 12.3 Å². The van der Waals surface area contributed by atoms with Crippen LogP contribution in [0.3, 0.4) is 0 Å². The Morgan fingerprint density at radius 1 is 1.30 bits per heavy atom. The van der Waals surface area contributed by atoms with Gasteiger partial charge in [0.05, 0.1) is 11.5 Å². The zero-order valence-electron chi connectivity index (χ0n) is 13.1. The summed E-state index contributed by atoms with van der Waals surface area (Å²) < 4.78 is 0. The highest BCUT2D eigenvalue weighted by Gasteiger charge is 2.15. The number of hydrogen-bond donors (Lipinski definition) is 1. The van der Waals surface area contributed by atoms with Crippen molar-refractivity contribution in [3.8, 4) is 6.07 Å². The first-order chi connectivity index (χ1) is 9.48. The van der Waals surface area contributed by atoms with E-state index in [2.05, 4.69) is 49.5 Å². The van der Waals surface area contributed by atoms with E-state index in [4.69, 9.17) is 5.26 Å². The molecule has 0 aromatic heterocycles. The third-order valence-electron chi connectivity index (χ3n) is 3.38. The number of nitriles is 1. The molecule has 0 saturated carbocycles. The van der Waals surface area contributed by atoms with Crippen molar-refractivity contribution < 1.29 is 0 Å². The van der Waals surface area contributed by atoms with Gasteiger partial charge in [-0.1, -0.05) is 19.1 Å². The molecular formula is C17H26N2S. The van der Waals surface area contributed by atoms with E-state index in [9.17, 15) is 0 Å². The lowest BCUT2D eigenvalue weighted by molar-refractivity contribution is 0.482. The lowest BCUT2D eigenvalue weighted by Gasteiger charge is -2.15. The summed E-state index contributed by atoms with van der Waals surface area (Å²) in [5, 5.41) is 12.5. The molecule has 0 aliphatic carbocycles. The Labute approximate surface area is 128 Å². The molecule has 1 aromatic rings. The smallest absolute Gasteiger partial charge is 0.0684 e. The third-order valence-corrected chi connectivity index (χ3v) is 4.39. The van der Waals surface area contributed by atoms with Crippen molar-refractivity contribution in [2.75, 3.05) is 12.3 Å². The maximum absolute atomic E-state index is 8.99. The van der Waals surface area contributed by atoms with Crippen LogP contribution in [0, 0.1) is 16.7 Å². The zero-order valence-corrected chi connectivity index (χ0v) is 13.9. The van der Waals surface area contributed by atoms with Gasteiger partial charge in [0.15, 0.2) is 0 Å². The lowest BCUT2D eigenvalue weighted by Crippen LogP contribution is -2.19. The quantitative estimate of drug-likeness (QED) is 0.700. The second-order valence-corrected chi connectivity index (χ2v) is 7.01. The number of thioether (sulfide) groups is 1. The standard InChI is InChI=1S/C17H26N2S/c1-5-11-19-14(2)15-6-8-16(9-7-15)20-12-10-17(3,4)13-18/h6-9,14,19H,5,10-12H2,1-4H3. The summed E-state index contributed by atoms with van der Waals surface area (Å²) in [6.07, 6.45) is 2.08. The van der Waals surface area contributed by atoms with E-state index in [-0.39, 0.29) is 5.41 Å². The van der Waals surface area contributed by atoms with E-state index in [1.54, 1.807) is 0 Å². The van der Waals surface area contributed by atoms with Crippen LogP contribution in [0.5, 0.6) is 0 Å². The topological polar surface area (TPSA) is 35.8 Å². The van der Waals surface area contributed by atoms with Gasteiger partial charge in [0, 0.05) is 10.9 Å². The van der Waals surface area contributed by atoms with Gasteiger partial charge in [-0.2, -0.15) is 5.26 Å². The van der Waals surface area contributed by atoms with E-state index < -0.39 is 0 Å². The van der Waals surface area contributed by atoms with Crippen molar-refractivity contribution >= 4 is 11.8 Å². The van der Waals surface area contributed by atoms with E-state index in [0.29, 0.717) is 6.04 Å². The molecule has 2 nitrogen and oxygen atoms in total. The molecule has 0 fully saturated rings. The minimum Gasteiger partial charge on any atom is -0.310 e. The molecule has 0 bridgehead atoms. The van der Waals surface area contributed by atoms with Gasteiger partial charge in [-0.15, -0.1) is 11.8 Å². The Balaban J connectivity index is 2.45. The van der Waals surface area contributed by atoms with Crippen molar-refractivity contribution in [1.82, 2.24) is 5.32 Å². The van der Waals surface area contributed by atoms with Gasteiger partial charge in [0.2, 0.25) is 0 Å². The molecular weight excluding hydrogens is 264 g/mol. The normalized spacial score (nSPS) is 12.9. The maximum atomic E-state index is 8.99. The predicted molar refractivity (Wildman–Crippen MR) is 87.9 cm³/mol.